The van der Waals surface area contributed by atoms with Crippen LogP contribution in [0.4, 0.5) is 0 Å². The maximum Gasteiger partial charge on any atom is 0.289 e. The molecule has 34 heavy (non-hydrogen) atoms. The molecule has 1 aliphatic heterocycles. The first-order valence-corrected chi connectivity index (χ1v) is 12.4. The minimum Gasteiger partial charge on any atom is -0.459 e. The highest BCUT2D eigenvalue weighted by Crippen LogP contribution is 2.30. The summed E-state index contributed by atoms with van der Waals surface area (Å²) in [6, 6.07) is 18.7. The van der Waals surface area contributed by atoms with Crippen molar-refractivity contribution < 1.29 is 22.4 Å². The number of piperazine rings is 1. The summed E-state index contributed by atoms with van der Waals surface area (Å²) in [5, 5.41) is 0.577. The number of nitrogens with zero attached hydrogens (tertiary/aromatic N) is 3. The van der Waals surface area contributed by atoms with E-state index in [9.17, 15) is 18.0 Å². The lowest BCUT2D eigenvalue weighted by Gasteiger charge is -2.34. The number of benzene rings is 2. The average Bonchev–Trinajstić information content (AvgIpc) is 3.53. The summed E-state index contributed by atoms with van der Waals surface area (Å²) in [6.45, 7) is 1.63. The monoisotopic (exact) mass is 477 g/mol. The Labute approximate surface area is 196 Å². The summed E-state index contributed by atoms with van der Waals surface area (Å²) in [5.74, 6) is -0.0375. The van der Waals surface area contributed by atoms with Crippen LogP contribution in [0.25, 0.3) is 10.9 Å². The van der Waals surface area contributed by atoms with Gasteiger partial charge in [-0.05, 0) is 30.3 Å². The molecule has 4 aromatic rings. The lowest BCUT2D eigenvalue weighted by Crippen LogP contribution is -2.51. The molecule has 0 spiro atoms. The van der Waals surface area contributed by atoms with Crippen molar-refractivity contribution in [1.82, 2.24) is 14.4 Å². The molecule has 5 rings (SSSR count). The Morgan fingerprint density at radius 3 is 2.21 bits per heavy atom. The van der Waals surface area contributed by atoms with Crippen LogP contribution in [-0.4, -0.2) is 60.8 Å². The van der Waals surface area contributed by atoms with Gasteiger partial charge in [0.15, 0.2) is 5.76 Å². The molecule has 1 fully saturated rings. The van der Waals surface area contributed by atoms with Crippen molar-refractivity contribution in [3.63, 3.8) is 0 Å². The van der Waals surface area contributed by atoms with Gasteiger partial charge in [0.25, 0.3) is 5.91 Å². The number of carbonyl (C=O) groups is 2. The van der Waals surface area contributed by atoms with E-state index in [0.29, 0.717) is 37.1 Å². The van der Waals surface area contributed by atoms with Crippen molar-refractivity contribution in [1.29, 1.82) is 0 Å². The van der Waals surface area contributed by atoms with Gasteiger partial charge in [0, 0.05) is 43.3 Å². The number of hydrogen-bond acceptors (Lipinski definition) is 5. The number of hydrogen-bond donors (Lipinski definition) is 0. The topological polar surface area (TPSA) is 92.8 Å². The first-order valence-electron chi connectivity index (χ1n) is 10.9. The van der Waals surface area contributed by atoms with Crippen LogP contribution in [0.1, 0.15) is 10.6 Å². The Morgan fingerprint density at radius 1 is 0.824 bits per heavy atom. The van der Waals surface area contributed by atoms with Crippen LogP contribution < -0.4 is 0 Å². The molecule has 9 heteroatoms. The van der Waals surface area contributed by atoms with Crippen molar-refractivity contribution in [3.8, 4) is 0 Å². The Hall–Kier alpha value is -3.85. The summed E-state index contributed by atoms with van der Waals surface area (Å²) >= 11 is 0. The standard InChI is InChI=1S/C25H23N3O5S/c29-24(26-12-14-27(15-13-26)25(30)22-11-6-16-33-22)18-28-17-23(20-9-4-5-10-21(20)28)34(31,32)19-7-2-1-3-8-19/h1-11,16-17H,12-15,18H2. The summed E-state index contributed by atoms with van der Waals surface area (Å²) in [6.07, 6.45) is 3.00. The van der Waals surface area contributed by atoms with E-state index in [0.717, 1.165) is 0 Å². The number of para-hydroxylation sites is 1. The lowest BCUT2D eigenvalue weighted by molar-refractivity contribution is -0.133. The Kier molecular flexibility index (Phi) is 5.70. The molecule has 0 saturated carbocycles. The normalized spacial score (nSPS) is 14.5. The van der Waals surface area contributed by atoms with E-state index in [1.54, 1.807) is 75.2 Å². The number of carbonyl (C=O) groups excluding carboxylic acids is 2. The van der Waals surface area contributed by atoms with Crippen molar-refractivity contribution >= 4 is 32.6 Å². The van der Waals surface area contributed by atoms with Crippen LogP contribution in [0.15, 0.2) is 93.4 Å². The second-order valence-electron chi connectivity index (χ2n) is 8.11. The molecular formula is C25H23N3O5S. The smallest absolute Gasteiger partial charge is 0.289 e. The van der Waals surface area contributed by atoms with Gasteiger partial charge < -0.3 is 18.8 Å². The van der Waals surface area contributed by atoms with Crippen LogP contribution in [-0.2, 0) is 21.2 Å². The van der Waals surface area contributed by atoms with Gasteiger partial charge in [-0.3, -0.25) is 9.59 Å². The molecule has 2 aromatic heterocycles. The van der Waals surface area contributed by atoms with E-state index in [1.165, 1.54) is 6.26 Å². The molecule has 8 nitrogen and oxygen atoms in total. The fraction of sp³-hybridized carbons (Fsp3) is 0.200. The predicted molar refractivity (Wildman–Crippen MR) is 125 cm³/mol. The van der Waals surface area contributed by atoms with E-state index in [-0.39, 0.29) is 33.9 Å². The minimum atomic E-state index is -3.74. The lowest BCUT2D eigenvalue weighted by atomic mass is 10.2. The molecule has 2 amide bonds. The van der Waals surface area contributed by atoms with Gasteiger partial charge in [-0.15, -0.1) is 0 Å². The molecule has 1 saturated heterocycles. The molecule has 2 aromatic carbocycles. The SMILES string of the molecule is O=C(Cn1cc(S(=O)(=O)c2ccccc2)c2ccccc21)N1CCN(C(=O)c2ccco2)CC1. The molecule has 0 N–H and O–H groups in total. The maximum absolute atomic E-state index is 13.3. The third-order valence-electron chi connectivity index (χ3n) is 6.05. The number of sulfone groups is 1. The van der Waals surface area contributed by atoms with Crippen molar-refractivity contribution in [3.05, 3.63) is 85.0 Å². The van der Waals surface area contributed by atoms with E-state index >= 15 is 0 Å². The van der Waals surface area contributed by atoms with Crippen molar-refractivity contribution in [2.45, 2.75) is 16.3 Å². The highest BCUT2D eigenvalue weighted by Gasteiger charge is 2.28. The van der Waals surface area contributed by atoms with Crippen LogP contribution in [0.3, 0.4) is 0 Å². The molecule has 0 bridgehead atoms. The highest BCUT2D eigenvalue weighted by molar-refractivity contribution is 7.91. The molecule has 0 radical (unpaired) electrons. The average molecular weight is 478 g/mol. The van der Waals surface area contributed by atoms with Gasteiger partial charge >= 0.3 is 0 Å². The zero-order valence-corrected chi connectivity index (χ0v) is 19.1. The third kappa shape index (κ3) is 3.99. The largest absolute Gasteiger partial charge is 0.459 e. The van der Waals surface area contributed by atoms with Gasteiger partial charge in [-0.25, -0.2) is 8.42 Å². The summed E-state index contributed by atoms with van der Waals surface area (Å²) < 4.78 is 33.5. The summed E-state index contributed by atoms with van der Waals surface area (Å²) in [7, 11) is -3.74. The molecule has 0 atom stereocenters. The first-order chi connectivity index (χ1) is 16.4. The van der Waals surface area contributed by atoms with Crippen LogP contribution in [0.5, 0.6) is 0 Å². The molecule has 174 valence electrons. The minimum absolute atomic E-state index is 0.0109. The van der Waals surface area contributed by atoms with Gasteiger partial charge in [-0.1, -0.05) is 36.4 Å². The number of fused-ring (bicyclic) bond motifs is 1. The van der Waals surface area contributed by atoms with Gasteiger partial charge in [0.1, 0.15) is 6.54 Å². The highest BCUT2D eigenvalue weighted by atomic mass is 32.2. The van der Waals surface area contributed by atoms with E-state index < -0.39 is 9.84 Å². The van der Waals surface area contributed by atoms with E-state index in [1.807, 2.05) is 12.1 Å². The predicted octanol–water partition coefficient (Wildman–Crippen LogP) is 3.05. The van der Waals surface area contributed by atoms with E-state index in [2.05, 4.69) is 0 Å². The van der Waals surface area contributed by atoms with Crippen molar-refractivity contribution in [2.75, 3.05) is 26.2 Å². The molecule has 3 heterocycles. The molecular weight excluding hydrogens is 454 g/mol. The van der Waals surface area contributed by atoms with Gasteiger partial charge in [0.05, 0.1) is 16.1 Å². The Balaban J connectivity index is 1.35. The Morgan fingerprint density at radius 2 is 1.50 bits per heavy atom. The number of amides is 2. The fourth-order valence-corrected chi connectivity index (χ4v) is 5.74. The molecule has 1 aliphatic rings. The zero-order valence-electron chi connectivity index (χ0n) is 18.3. The maximum atomic E-state index is 13.3. The Bertz CT molecular complexity index is 1430. The second kappa shape index (κ2) is 8.83. The number of rotatable bonds is 5. The second-order valence-corrected chi connectivity index (χ2v) is 10.0. The molecule has 0 unspecified atom stereocenters. The summed E-state index contributed by atoms with van der Waals surface area (Å²) in [5.41, 5.74) is 0.678. The van der Waals surface area contributed by atoms with Gasteiger partial charge in [-0.2, -0.15) is 0 Å². The molecule has 0 aliphatic carbocycles. The quantitative estimate of drug-likeness (QED) is 0.441. The first kappa shape index (κ1) is 22.0. The summed E-state index contributed by atoms with van der Waals surface area (Å²) in [4.78, 5) is 29.3. The number of furan rings is 1. The fourth-order valence-electron chi connectivity index (χ4n) is 4.25. The van der Waals surface area contributed by atoms with Gasteiger partial charge in [0.2, 0.25) is 15.7 Å². The van der Waals surface area contributed by atoms with Crippen molar-refractivity contribution in [2.24, 2.45) is 0 Å². The zero-order chi connectivity index (χ0) is 23.7. The van der Waals surface area contributed by atoms with Crippen LogP contribution in [0.2, 0.25) is 0 Å². The van der Waals surface area contributed by atoms with Crippen LogP contribution in [0, 0.1) is 0 Å². The number of aromatic nitrogens is 1. The third-order valence-corrected chi connectivity index (χ3v) is 7.85. The van der Waals surface area contributed by atoms with E-state index in [4.69, 9.17) is 4.42 Å². The van der Waals surface area contributed by atoms with Crippen LogP contribution >= 0.6 is 0 Å².